The fraction of sp³-hybridized carbons (Fsp3) is 0.818. The largest absolute Gasteiger partial charge is 0.412 e. The molecule has 3 nitrogen and oxygen atoms in total. The average molecular weight is 206 g/mol. The first-order valence-electron chi connectivity index (χ1n) is 4.82. The van der Waals surface area contributed by atoms with Crippen LogP contribution in [0.2, 0.25) is 0 Å². The lowest BCUT2D eigenvalue weighted by Crippen LogP contribution is -1.69. The van der Waals surface area contributed by atoms with Gasteiger partial charge in [0.1, 0.15) is 11.6 Å². The van der Waals surface area contributed by atoms with E-state index in [1.807, 2.05) is 0 Å². The molecule has 0 fully saturated rings. The van der Waals surface area contributed by atoms with E-state index in [2.05, 4.69) is 13.8 Å². The Hall–Kier alpha value is -0.700. The number of rotatable bonds is 2. The maximum atomic E-state index is 9.44. The molecular weight excluding hydrogens is 180 g/mol. The second-order valence-corrected chi connectivity index (χ2v) is 3.17. The van der Waals surface area contributed by atoms with Crippen molar-refractivity contribution in [2.45, 2.75) is 60.8 Å². The first-order chi connectivity index (χ1) is 5.88. The minimum Gasteiger partial charge on any atom is -0.412 e. The number of carbonyl (C=O) groups is 2. The molecule has 0 heterocycles. The summed E-state index contributed by atoms with van der Waals surface area (Å²) < 4.78 is 0. The molecule has 3 heteroatoms. The van der Waals surface area contributed by atoms with Crippen molar-refractivity contribution in [1.29, 1.82) is 0 Å². The van der Waals surface area contributed by atoms with Crippen molar-refractivity contribution < 1.29 is 15.1 Å². The molecule has 14 heavy (non-hydrogen) atoms. The lowest BCUT2D eigenvalue weighted by molar-refractivity contribution is -0.115. The standard InChI is InChI=1S/C5H12.2C3H6O.H2O/c1-3-5-4-2;2*1-3(2)4;/h3-5H2,1-2H3;2*1-2H3;1H2. The highest BCUT2D eigenvalue weighted by Crippen LogP contribution is 1.88. The molecule has 0 aromatic rings. The zero-order chi connectivity index (χ0) is 11.3. The molecule has 0 aromatic carbocycles. The van der Waals surface area contributed by atoms with Gasteiger partial charge >= 0.3 is 0 Å². The molecule has 0 bridgehead atoms. The zero-order valence-corrected chi connectivity index (χ0v) is 10.4. The molecule has 0 aliphatic carbocycles. The van der Waals surface area contributed by atoms with E-state index in [1.54, 1.807) is 0 Å². The Balaban J connectivity index is -0.0000000522. The summed E-state index contributed by atoms with van der Waals surface area (Å²) in [7, 11) is 0. The molecule has 0 saturated heterocycles. The molecule has 0 aromatic heterocycles. The van der Waals surface area contributed by atoms with Crippen LogP contribution in [-0.4, -0.2) is 17.0 Å². The zero-order valence-electron chi connectivity index (χ0n) is 10.4. The van der Waals surface area contributed by atoms with Crippen LogP contribution in [-0.2, 0) is 9.59 Å². The van der Waals surface area contributed by atoms with E-state index in [0.29, 0.717) is 0 Å². The molecule has 0 rings (SSSR count). The molecule has 0 aliphatic heterocycles. The minimum atomic E-state index is 0. The number of hydrogen-bond donors (Lipinski definition) is 0. The second-order valence-electron chi connectivity index (χ2n) is 3.17. The molecule has 0 unspecified atom stereocenters. The van der Waals surface area contributed by atoms with Gasteiger partial charge in [0.25, 0.3) is 0 Å². The van der Waals surface area contributed by atoms with Crippen LogP contribution in [0.4, 0.5) is 0 Å². The summed E-state index contributed by atoms with van der Waals surface area (Å²) in [5, 5.41) is 0. The van der Waals surface area contributed by atoms with Crippen LogP contribution in [0, 0.1) is 0 Å². The molecule has 0 radical (unpaired) electrons. The topological polar surface area (TPSA) is 65.6 Å². The average Bonchev–Trinajstić information content (AvgIpc) is 1.86. The number of ketones is 2. The summed E-state index contributed by atoms with van der Waals surface area (Å²) in [5.74, 6) is 0.333. The van der Waals surface area contributed by atoms with Crippen LogP contribution in [0.3, 0.4) is 0 Å². The van der Waals surface area contributed by atoms with Crippen molar-refractivity contribution >= 4 is 11.6 Å². The van der Waals surface area contributed by atoms with Crippen LogP contribution in [0.25, 0.3) is 0 Å². The van der Waals surface area contributed by atoms with Crippen molar-refractivity contribution in [1.82, 2.24) is 0 Å². The third kappa shape index (κ3) is 709. The molecule has 0 spiro atoms. The second kappa shape index (κ2) is 22.8. The highest BCUT2D eigenvalue weighted by Gasteiger charge is 1.68. The quantitative estimate of drug-likeness (QED) is 0.697. The number of unbranched alkanes of at least 4 members (excludes halogenated alkanes) is 2. The number of Topliss-reactive ketones (excluding diaryl/α,β-unsaturated/α-hetero) is 2. The van der Waals surface area contributed by atoms with E-state index >= 15 is 0 Å². The summed E-state index contributed by atoms with van der Waals surface area (Å²) in [5.41, 5.74) is 0. The van der Waals surface area contributed by atoms with Crippen LogP contribution >= 0.6 is 0 Å². The predicted octanol–water partition coefficient (Wildman–Crippen LogP) is 2.56. The summed E-state index contributed by atoms with van der Waals surface area (Å²) in [6.07, 6.45) is 4.08. The van der Waals surface area contributed by atoms with Crippen LogP contribution in [0.15, 0.2) is 0 Å². The van der Waals surface area contributed by atoms with E-state index in [4.69, 9.17) is 0 Å². The van der Waals surface area contributed by atoms with Crippen molar-refractivity contribution in [2.24, 2.45) is 0 Å². The fourth-order valence-electron chi connectivity index (χ4n) is 0.354. The summed E-state index contributed by atoms with van der Waals surface area (Å²) in [6, 6.07) is 0. The van der Waals surface area contributed by atoms with Crippen molar-refractivity contribution in [2.75, 3.05) is 0 Å². The third-order valence-corrected chi connectivity index (χ3v) is 0.707. The van der Waals surface area contributed by atoms with Crippen molar-refractivity contribution in [3.8, 4) is 0 Å². The molecule has 0 aliphatic rings. The van der Waals surface area contributed by atoms with Gasteiger partial charge in [0.05, 0.1) is 0 Å². The Morgan fingerprint density at radius 1 is 0.786 bits per heavy atom. The molecule has 0 saturated carbocycles. The maximum Gasteiger partial charge on any atom is 0.126 e. The van der Waals surface area contributed by atoms with Gasteiger partial charge in [-0.3, -0.25) is 0 Å². The van der Waals surface area contributed by atoms with Gasteiger partial charge < -0.3 is 15.1 Å². The molecule has 0 amide bonds. The van der Waals surface area contributed by atoms with Gasteiger partial charge in [0.2, 0.25) is 0 Å². The van der Waals surface area contributed by atoms with Crippen molar-refractivity contribution in [3.63, 3.8) is 0 Å². The van der Waals surface area contributed by atoms with E-state index in [-0.39, 0.29) is 17.0 Å². The third-order valence-electron chi connectivity index (χ3n) is 0.707. The van der Waals surface area contributed by atoms with Gasteiger partial charge in [0.15, 0.2) is 0 Å². The molecule has 88 valence electrons. The normalized spacial score (nSPS) is 6.71. The highest BCUT2D eigenvalue weighted by atomic mass is 16.1. The molecular formula is C11H26O3. The van der Waals surface area contributed by atoms with Crippen molar-refractivity contribution in [3.05, 3.63) is 0 Å². The molecule has 2 N–H and O–H groups in total. The Kier molecular flexibility index (Phi) is 37.9. The van der Waals surface area contributed by atoms with E-state index < -0.39 is 0 Å². The number of hydrogen-bond acceptors (Lipinski definition) is 2. The first-order valence-corrected chi connectivity index (χ1v) is 4.82. The van der Waals surface area contributed by atoms with Crippen LogP contribution < -0.4 is 0 Å². The van der Waals surface area contributed by atoms with Gasteiger partial charge in [-0.05, 0) is 27.7 Å². The van der Waals surface area contributed by atoms with Gasteiger partial charge in [-0.1, -0.05) is 33.1 Å². The van der Waals surface area contributed by atoms with Gasteiger partial charge in [-0.15, -0.1) is 0 Å². The van der Waals surface area contributed by atoms with Crippen LogP contribution in [0.1, 0.15) is 60.8 Å². The molecule has 0 atom stereocenters. The highest BCUT2D eigenvalue weighted by molar-refractivity contribution is 5.72. The SMILES string of the molecule is CC(C)=O.CC(C)=O.CCCCC.O. The van der Waals surface area contributed by atoms with Crippen LogP contribution in [0.5, 0.6) is 0 Å². The lowest BCUT2D eigenvalue weighted by Gasteiger charge is -1.79. The van der Waals surface area contributed by atoms with Gasteiger partial charge in [0, 0.05) is 0 Å². The van der Waals surface area contributed by atoms with E-state index in [0.717, 1.165) is 0 Å². The minimum absolute atomic E-state index is 0. The first kappa shape index (κ1) is 23.3. The lowest BCUT2D eigenvalue weighted by atomic mass is 10.3. The van der Waals surface area contributed by atoms with Gasteiger partial charge in [-0.25, -0.2) is 0 Å². The monoisotopic (exact) mass is 206 g/mol. The summed E-state index contributed by atoms with van der Waals surface area (Å²) in [6.45, 7) is 10.5. The Bertz CT molecular complexity index is 97.7. The smallest absolute Gasteiger partial charge is 0.126 e. The Morgan fingerprint density at radius 3 is 0.929 bits per heavy atom. The maximum absolute atomic E-state index is 9.44. The van der Waals surface area contributed by atoms with Gasteiger partial charge in [-0.2, -0.15) is 0 Å². The Morgan fingerprint density at radius 2 is 0.929 bits per heavy atom. The Labute approximate surface area is 88.2 Å². The van der Waals surface area contributed by atoms with E-state index in [9.17, 15) is 9.59 Å². The number of carbonyl (C=O) groups excluding carboxylic acids is 2. The summed E-state index contributed by atoms with van der Waals surface area (Å²) in [4.78, 5) is 18.9. The fourth-order valence-corrected chi connectivity index (χ4v) is 0.354. The van der Waals surface area contributed by atoms with E-state index in [1.165, 1.54) is 47.0 Å². The predicted molar refractivity (Wildman–Crippen MR) is 61.5 cm³/mol. The summed E-state index contributed by atoms with van der Waals surface area (Å²) >= 11 is 0.